The Balaban J connectivity index is 1.66. The molecule has 0 unspecified atom stereocenters. The Kier molecular flexibility index (Phi) is 6.12. The maximum absolute atomic E-state index is 12.8. The van der Waals surface area contributed by atoms with Crippen LogP contribution in [0.15, 0.2) is 35.4 Å². The van der Waals surface area contributed by atoms with Crippen LogP contribution in [0.5, 0.6) is 0 Å². The highest BCUT2D eigenvalue weighted by atomic mass is 35.5. The van der Waals surface area contributed by atoms with Gasteiger partial charge in [-0.25, -0.2) is 8.42 Å². The van der Waals surface area contributed by atoms with Crippen molar-refractivity contribution < 1.29 is 13.2 Å². The number of carbonyl (C=O) groups is 1. The van der Waals surface area contributed by atoms with E-state index in [0.29, 0.717) is 36.0 Å². The van der Waals surface area contributed by atoms with Crippen molar-refractivity contribution in [2.45, 2.75) is 24.2 Å². The summed E-state index contributed by atoms with van der Waals surface area (Å²) < 4.78 is 28.8. The lowest BCUT2D eigenvalue weighted by Crippen LogP contribution is -2.39. The SMILES string of the molecule is CN(C)C(=O)c1cn(C)nc1CC1CCN(S(=O)(=O)c2ccc(Cl)cc2)CC1. The van der Waals surface area contributed by atoms with Crippen LogP contribution < -0.4 is 0 Å². The molecule has 9 heteroatoms. The number of amides is 1. The Hall–Kier alpha value is -1.90. The normalized spacial score (nSPS) is 16.3. The molecule has 1 fully saturated rings. The van der Waals surface area contributed by atoms with Gasteiger partial charge in [-0.2, -0.15) is 9.40 Å². The summed E-state index contributed by atoms with van der Waals surface area (Å²) in [6, 6.07) is 6.25. The van der Waals surface area contributed by atoms with E-state index in [4.69, 9.17) is 11.6 Å². The van der Waals surface area contributed by atoms with Crippen molar-refractivity contribution in [1.29, 1.82) is 0 Å². The first-order valence-corrected chi connectivity index (χ1v) is 11.0. The zero-order valence-electron chi connectivity index (χ0n) is 16.3. The molecule has 0 aliphatic carbocycles. The third-order valence-electron chi connectivity index (χ3n) is 5.05. The molecule has 0 saturated carbocycles. The highest BCUT2D eigenvalue weighted by molar-refractivity contribution is 7.89. The molecule has 1 aliphatic heterocycles. The fourth-order valence-electron chi connectivity index (χ4n) is 3.49. The lowest BCUT2D eigenvalue weighted by Gasteiger charge is -2.31. The van der Waals surface area contributed by atoms with Gasteiger partial charge in [0.25, 0.3) is 5.91 Å². The van der Waals surface area contributed by atoms with Crippen LogP contribution in [0.2, 0.25) is 5.02 Å². The minimum atomic E-state index is -3.51. The van der Waals surface area contributed by atoms with Crippen LogP contribution in [0.25, 0.3) is 0 Å². The number of benzene rings is 1. The molecule has 1 aliphatic rings. The predicted octanol–water partition coefficient (Wildman–Crippen LogP) is 2.42. The summed E-state index contributed by atoms with van der Waals surface area (Å²) in [6.07, 6.45) is 3.89. The Labute approximate surface area is 170 Å². The number of nitrogens with zero attached hydrogens (tertiary/aromatic N) is 4. The fraction of sp³-hybridized carbons (Fsp3) is 0.474. The molecular weight excluding hydrogens is 400 g/mol. The minimum absolute atomic E-state index is 0.0640. The molecule has 1 amide bonds. The van der Waals surface area contributed by atoms with E-state index in [1.54, 1.807) is 49.1 Å². The van der Waals surface area contributed by atoms with Crippen molar-refractivity contribution in [3.8, 4) is 0 Å². The number of hydrogen-bond donors (Lipinski definition) is 0. The highest BCUT2D eigenvalue weighted by Crippen LogP contribution is 2.27. The number of aryl methyl sites for hydroxylation is 1. The smallest absolute Gasteiger partial charge is 0.256 e. The van der Waals surface area contributed by atoms with E-state index in [-0.39, 0.29) is 10.8 Å². The van der Waals surface area contributed by atoms with Gasteiger partial charge in [-0.15, -0.1) is 0 Å². The molecule has 0 spiro atoms. The average molecular weight is 425 g/mol. The van der Waals surface area contributed by atoms with E-state index in [1.165, 1.54) is 16.4 Å². The Morgan fingerprint density at radius 3 is 2.39 bits per heavy atom. The fourth-order valence-corrected chi connectivity index (χ4v) is 5.08. The van der Waals surface area contributed by atoms with E-state index in [1.807, 2.05) is 0 Å². The topological polar surface area (TPSA) is 75.5 Å². The van der Waals surface area contributed by atoms with Gasteiger partial charge >= 0.3 is 0 Å². The number of hydrogen-bond acceptors (Lipinski definition) is 4. The summed E-state index contributed by atoms with van der Waals surface area (Å²) in [5.41, 5.74) is 1.39. The molecule has 7 nitrogen and oxygen atoms in total. The van der Waals surface area contributed by atoms with Crippen LogP contribution in [0.1, 0.15) is 28.9 Å². The van der Waals surface area contributed by atoms with Crippen molar-refractivity contribution >= 4 is 27.5 Å². The molecule has 0 atom stereocenters. The van der Waals surface area contributed by atoms with Crippen LogP contribution in [-0.2, 0) is 23.5 Å². The van der Waals surface area contributed by atoms with E-state index in [2.05, 4.69) is 5.10 Å². The van der Waals surface area contributed by atoms with Crippen LogP contribution in [-0.4, -0.2) is 60.5 Å². The van der Waals surface area contributed by atoms with Crippen molar-refractivity contribution in [1.82, 2.24) is 19.0 Å². The number of halogens is 1. The second-order valence-corrected chi connectivity index (χ2v) is 9.74. The van der Waals surface area contributed by atoms with Crippen LogP contribution in [0.3, 0.4) is 0 Å². The van der Waals surface area contributed by atoms with Crippen LogP contribution in [0, 0.1) is 5.92 Å². The van der Waals surface area contributed by atoms with Crippen molar-refractivity contribution in [2.75, 3.05) is 27.2 Å². The number of aromatic nitrogens is 2. The summed E-state index contributed by atoms with van der Waals surface area (Å²) in [5.74, 6) is 0.228. The number of carbonyl (C=O) groups excluding carboxylic acids is 1. The van der Waals surface area contributed by atoms with Crippen molar-refractivity contribution in [2.24, 2.45) is 13.0 Å². The van der Waals surface area contributed by atoms with Gasteiger partial charge in [0.2, 0.25) is 10.0 Å². The maximum Gasteiger partial charge on any atom is 0.256 e. The van der Waals surface area contributed by atoms with Crippen molar-refractivity contribution in [3.05, 3.63) is 46.7 Å². The quantitative estimate of drug-likeness (QED) is 0.738. The summed E-state index contributed by atoms with van der Waals surface area (Å²) >= 11 is 5.86. The zero-order chi connectivity index (χ0) is 20.5. The largest absolute Gasteiger partial charge is 0.345 e. The molecule has 0 N–H and O–H groups in total. The molecule has 2 aromatic rings. The van der Waals surface area contributed by atoms with E-state index in [0.717, 1.165) is 18.5 Å². The van der Waals surface area contributed by atoms with Crippen LogP contribution in [0.4, 0.5) is 0 Å². The minimum Gasteiger partial charge on any atom is -0.345 e. The summed E-state index contributed by atoms with van der Waals surface area (Å²) in [7, 11) is 1.74. The molecule has 1 aromatic heterocycles. The summed E-state index contributed by atoms with van der Waals surface area (Å²) in [4.78, 5) is 14.2. The van der Waals surface area contributed by atoms with Gasteiger partial charge in [0, 0.05) is 45.5 Å². The Morgan fingerprint density at radius 1 is 1.21 bits per heavy atom. The zero-order valence-corrected chi connectivity index (χ0v) is 17.9. The molecule has 2 heterocycles. The van der Waals surface area contributed by atoms with Gasteiger partial charge in [0.15, 0.2) is 0 Å². The van der Waals surface area contributed by atoms with Gasteiger partial charge in [-0.1, -0.05) is 11.6 Å². The van der Waals surface area contributed by atoms with Crippen LogP contribution >= 0.6 is 11.6 Å². The van der Waals surface area contributed by atoms with Gasteiger partial charge in [0.05, 0.1) is 16.2 Å². The molecule has 152 valence electrons. The number of piperidine rings is 1. The van der Waals surface area contributed by atoms with E-state index >= 15 is 0 Å². The second-order valence-electron chi connectivity index (χ2n) is 7.37. The highest BCUT2D eigenvalue weighted by Gasteiger charge is 2.30. The lowest BCUT2D eigenvalue weighted by atomic mass is 9.92. The number of rotatable bonds is 5. The number of sulfonamides is 1. The predicted molar refractivity (Wildman–Crippen MR) is 108 cm³/mol. The third-order valence-corrected chi connectivity index (χ3v) is 7.21. The second kappa shape index (κ2) is 8.23. The molecule has 0 radical (unpaired) electrons. The summed E-state index contributed by atoms with van der Waals surface area (Å²) in [6.45, 7) is 0.916. The molecule has 1 saturated heterocycles. The Morgan fingerprint density at radius 2 is 1.82 bits per heavy atom. The molecule has 1 aromatic carbocycles. The van der Waals surface area contributed by atoms with Gasteiger partial charge < -0.3 is 4.90 Å². The van der Waals surface area contributed by atoms with Gasteiger partial charge in [-0.05, 0) is 49.4 Å². The van der Waals surface area contributed by atoms with Gasteiger partial charge in [0.1, 0.15) is 0 Å². The third kappa shape index (κ3) is 4.39. The maximum atomic E-state index is 12.8. The molecular formula is C19H25ClN4O3S. The first-order valence-electron chi connectivity index (χ1n) is 9.18. The van der Waals surface area contributed by atoms with E-state index in [9.17, 15) is 13.2 Å². The Bertz CT molecular complexity index is 946. The summed E-state index contributed by atoms with van der Waals surface area (Å²) in [5, 5.41) is 4.97. The standard InChI is InChI=1S/C19H25ClN4O3S/c1-22(2)19(25)17-13-23(3)21-18(17)12-14-8-10-24(11-9-14)28(26,27)16-6-4-15(20)5-7-16/h4-7,13-14H,8-12H2,1-3H3. The average Bonchev–Trinajstić information content (AvgIpc) is 3.02. The molecule has 0 bridgehead atoms. The first kappa shape index (κ1) is 20.8. The first-order chi connectivity index (χ1) is 13.2. The van der Waals surface area contributed by atoms with Crippen molar-refractivity contribution in [3.63, 3.8) is 0 Å². The monoisotopic (exact) mass is 424 g/mol. The lowest BCUT2D eigenvalue weighted by molar-refractivity contribution is 0.0826. The van der Waals surface area contributed by atoms with E-state index < -0.39 is 10.0 Å². The molecule has 28 heavy (non-hydrogen) atoms. The van der Waals surface area contributed by atoms with Gasteiger partial charge in [-0.3, -0.25) is 9.48 Å². The molecule has 3 rings (SSSR count).